The van der Waals surface area contributed by atoms with E-state index in [1.807, 2.05) is 0 Å². The van der Waals surface area contributed by atoms with Gasteiger partial charge in [-0.2, -0.15) is 0 Å². The van der Waals surface area contributed by atoms with Crippen LogP contribution < -0.4 is 0 Å². The second-order valence-electron chi connectivity index (χ2n) is 4.58. The van der Waals surface area contributed by atoms with Gasteiger partial charge in [0.15, 0.2) is 6.29 Å². The highest BCUT2D eigenvalue weighted by molar-refractivity contribution is 6.30. The molecule has 4 N–H and O–H groups in total. The number of ether oxygens (including phenoxy) is 2. The molecule has 1 aliphatic heterocycles. The molecule has 1 heterocycles. The minimum absolute atomic E-state index is 0.371. The fourth-order valence-electron chi connectivity index (χ4n) is 2.05. The zero-order chi connectivity index (χ0) is 14.7. The average Bonchev–Trinajstić information content (AvgIpc) is 2.90. The first-order valence-electron chi connectivity index (χ1n) is 6.21. The van der Waals surface area contributed by atoms with Gasteiger partial charge < -0.3 is 29.9 Å². The summed E-state index contributed by atoms with van der Waals surface area (Å²) in [6.07, 6.45) is -5.19. The molecule has 0 radical (unpaired) electrons. The van der Waals surface area contributed by atoms with Gasteiger partial charge in [-0.15, -0.1) is 0 Å². The van der Waals surface area contributed by atoms with Crippen LogP contribution in [0.2, 0.25) is 5.02 Å². The van der Waals surface area contributed by atoms with E-state index in [0.717, 1.165) is 0 Å². The molecule has 0 saturated carbocycles. The molecule has 0 bridgehead atoms. The van der Waals surface area contributed by atoms with E-state index in [0.29, 0.717) is 10.6 Å². The Balaban J connectivity index is 2.11. The van der Waals surface area contributed by atoms with Crippen molar-refractivity contribution in [1.82, 2.24) is 0 Å². The van der Waals surface area contributed by atoms with Crippen molar-refractivity contribution in [3.63, 3.8) is 0 Å². The molecular formula is C13H17ClO6. The summed E-state index contributed by atoms with van der Waals surface area (Å²) in [6.45, 7) is -0.977. The molecule has 20 heavy (non-hydrogen) atoms. The van der Waals surface area contributed by atoms with E-state index in [2.05, 4.69) is 0 Å². The van der Waals surface area contributed by atoms with Crippen LogP contribution in [0.15, 0.2) is 24.3 Å². The van der Waals surface area contributed by atoms with Crippen molar-refractivity contribution in [3.05, 3.63) is 34.9 Å². The summed E-state index contributed by atoms with van der Waals surface area (Å²) in [4.78, 5) is 0. The van der Waals surface area contributed by atoms with Crippen molar-refractivity contribution < 1.29 is 29.9 Å². The molecule has 0 spiro atoms. The van der Waals surface area contributed by atoms with Gasteiger partial charge in [0.2, 0.25) is 0 Å². The molecular weight excluding hydrogens is 288 g/mol. The third-order valence-corrected chi connectivity index (χ3v) is 3.44. The van der Waals surface area contributed by atoms with Crippen LogP contribution in [0.25, 0.3) is 0 Å². The highest BCUT2D eigenvalue weighted by Crippen LogP contribution is 2.33. The van der Waals surface area contributed by atoms with Crippen molar-refractivity contribution in [3.8, 4) is 0 Å². The SMILES string of the molecule is OC[C@@H](O)[C@H](O)[C@H]1OC(c2ccc(Cl)cc2)O[C@H]1CO. The maximum Gasteiger partial charge on any atom is 0.184 e. The van der Waals surface area contributed by atoms with Crippen LogP contribution >= 0.6 is 11.6 Å². The monoisotopic (exact) mass is 304 g/mol. The Hall–Kier alpha value is -0.730. The molecule has 7 heteroatoms. The van der Waals surface area contributed by atoms with E-state index >= 15 is 0 Å². The number of halogens is 1. The third-order valence-electron chi connectivity index (χ3n) is 3.19. The predicted octanol–water partition coefficient (Wildman–Crippen LogP) is -0.171. The zero-order valence-corrected chi connectivity index (χ0v) is 11.3. The molecule has 0 aliphatic carbocycles. The van der Waals surface area contributed by atoms with Crippen LogP contribution in [0, 0.1) is 0 Å². The van der Waals surface area contributed by atoms with Crippen LogP contribution in [-0.4, -0.2) is 58.1 Å². The van der Waals surface area contributed by atoms with E-state index in [4.69, 9.17) is 26.2 Å². The van der Waals surface area contributed by atoms with Crippen molar-refractivity contribution in [2.45, 2.75) is 30.7 Å². The van der Waals surface area contributed by atoms with Crippen molar-refractivity contribution >= 4 is 11.6 Å². The van der Waals surface area contributed by atoms with Gasteiger partial charge in [-0.3, -0.25) is 0 Å². The van der Waals surface area contributed by atoms with E-state index in [1.165, 1.54) is 0 Å². The van der Waals surface area contributed by atoms with Crippen LogP contribution in [-0.2, 0) is 9.47 Å². The normalized spacial score (nSPS) is 29.4. The van der Waals surface area contributed by atoms with Crippen LogP contribution in [0.3, 0.4) is 0 Å². The molecule has 5 atom stereocenters. The molecule has 6 nitrogen and oxygen atoms in total. The lowest BCUT2D eigenvalue weighted by molar-refractivity contribution is -0.113. The van der Waals surface area contributed by atoms with E-state index in [-0.39, 0.29) is 6.61 Å². The lowest BCUT2D eigenvalue weighted by Crippen LogP contribution is -2.45. The number of aliphatic hydroxyl groups excluding tert-OH is 4. The quantitative estimate of drug-likeness (QED) is 0.603. The van der Waals surface area contributed by atoms with Gasteiger partial charge in [0, 0.05) is 10.6 Å². The van der Waals surface area contributed by atoms with Gasteiger partial charge in [-0.1, -0.05) is 23.7 Å². The van der Waals surface area contributed by atoms with Gasteiger partial charge in [-0.25, -0.2) is 0 Å². The highest BCUT2D eigenvalue weighted by Gasteiger charge is 2.43. The number of hydrogen-bond acceptors (Lipinski definition) is 6. The predicted molar refractivity (Wildman–Crippen MR) is 70.1 cm³/mol. The Morgan fingerprint density at radius 2 is 1.75 bits per heavy atom. The van der Waals surface area contributed by atoms with Gasteiger partial charge in [0.1, 0.15) is 24.4 Å². The van der Waals surface area contributed by atoms with Crippen molar-refractivity contribution in [2.24, 2.45) is 0 Å². The third kappa shape index (κ3) is 3.29. The molecule has 1 unspecified atom stereocenters. The van der Waals surface area contributed by atoms with Gasteiger partial charge >= 0.3 is 0 Å². The summed E-state index contributed by atoms with van der Waals surface area (Å²) in [5.41, 5.74) is 0.682. The van der Waals surface area contributed by atoms with Gasteiger partial charge in [0.05, 0.1) is 13.2 Å². The molecule has 112 valence electrons. The van der Waals surface area contributed by atoms with Gasteiger partial charge in [-0.05, 0) is 12.1 Å². The van der Waals surface area contributed by atoms with E-state index < -0.39 is 37.3 Å². The molecule has 1 saturated heterocycles. The maximum atomic E-state index is 9.88. The first-order valence-corrected chi connectivity index (χ1v) is 6.59. The first-order chi connectivity index (χ1) is 9.56. The Kier molecular flexibility index (Phi) is 5.34. The van der Waals surface area contributed by atoms with E-state index in [9.17, 15) is 15.3 Å². The Morgan fingerprint density at radius 3 is 2.30 bits per heavy atom. The fourth-order valence-corrected chi connectivity index (χ4v) is 2.18. The molecule has 1 aromatic rings. The van der Waals surface area contributed by atoms with Crippen LogP contribution in [0.4, 0.5) is 0 Å². The van der Waals surface area contributed by atoms with Crippen LogP contribution in [0.5, 0.6) is 0 Å². The number of hydrogen-bond donors (Lipinski definition) is 4. The summed E-state index contributed by atoms with van der Waals surface area (Å²) >= 11 is 5.79. The lowest BCUT2D eigenvalue weighted by atomic mass is 10.0. The summed E-state index contributed by atoms with van der Waals surface area (Å²) in [6, 6.07) is 6.76. The number of aliphatic hydroxyl groups is 4. The van der Waals surface area contributed by atoms with Crippen LogP contribution in [0.1, 0.15) is 11.9 Å². The summed E-state index contributed by atoms with van der Waals surface area (Å²) in [5.74, 6) is 0. The number of rotatable bonds is 5. The van der Waals surface area contributed by atoms with Gasteiger partial charge in [0.25, 0.3) is 0 Å². The maximum absolute atomic E-state index is 9.88. The molecule has 1 aromatic carbocycles. The van der Waals surface area contributed by atoms with E-state index in [1.54, 1.807) is 24.3 Å². The topological polar surface area (TPSA) is 99.4 Å². The van der Waals surface area contributed by atoms with Crippen molar-refractivity contribution in [1.29, 1.82) is 0 Å². The first kappa shape index (κ1) is 15.7. The zero-order valence-electron chi connectivity index (χ0n) is 10.6. The minimum Gasteiger partial charge on any atom is -0.394 e. The second kappa shape index (κ2) is 6.82. The Bertz CT molecular complexity index is 425. The Labute approximate surface area is 121 Å². The summed E-state index contributed by atoms with van der Waals surface area (Å²) < 4.78 is 11.0. The highest BCUT2D eigenvalue weighted by atomic mass is 35.5. The minimum atomic E-state index is -1.36. The lowest BCUT2D eigenvalue weighted by Gasteiger charge is -2.23. The molecule has 0 aromatic heterocycles. The molecule has 1 aliphatic rings. The van der Waals surface area contributed by atoms with Crippen molar-refractivity contribution in [2.75, 3.05) is 13.2 Å². The molecule has 2 rings (SSSR count). The largest absolute Gasteiger partial charge is 0.394 e. The average molecular weight is 305 g/mol. The smallest absolute Gasteiger partial charge is 0.184 e. The number of benzene rings is 1. The summed E-state index contributed by atoms with van der Waals surface area (Å²) in [7, 11) is 0. The summed E-state index contributed by atoms with van der Waals surface area (Å²) in [5, 5.41) is 38.0. The Morgan fingerprint density at radius 1 is 1.10 bits per heavy atom. The standard InChI is InChI=1S/C13H17ClO6/c14-8-3-1-7(2-4-8)13-19-10(6-16)12(20-13)11(18)9(17)5-15/h1-4,9-13,15-18H,5-6H2/t9-,10+,11+,12+,13?/m1/s1. The second-order valence-corrected chi connectivity index (χ2v) is 5.02. The fraction of sp³-hybridized carbons (Fsp3) is 0.538. The molecule has 0 amide bonds. The molecule has 1 fully saturated rings.